The first-order chi connectivity index (χ1) is 9.65. The van der Waals surface area contributed by atoms with Crippen molar-refractivity contribution in [3.63, 3.8) is 0 Å². The van der Waals surface area contributed by atoms with Gasteiger partial charge in [0.15, 0.2) is 11.6 Å². The van der Waals surface area contributed by atoms with Crippen molar-refractivity contribution in [3.05, 3.63) is 54.1 Å². The fraction of sp³-hybridized carbons (Fsp3) is 0. The molecular formula is C14H8F2N2O2. The molecule has 0 aliphatic heterocycles. The standard InChI is InChI=1S/C14H8F2N2O2/c15-10-6-5-8(7-11(10)16)13-17-14(20-18-13)9-3-1-2-4-12(9)19/h1-7,19H. The van der Waals surface area contributed by atoms with Gasteiger partial charge in [-0.05, 0) is 30.3 Å². The minimum atomic E-state index is -0.989. The summed E-state index contributed by atoms with van der Waals surface area (Å²) in [6.45, 7) is 0. The van der Waals surface area contributed by atoms with Crippen LogP contribution in [0.15, 0.2) is 47.0 Å². The smallest absolute Gasteiger partial charge is 0.261 e. The van der Waals surface area contributed by atoms with E-state index in [1.54, 1.807) is 18.2 Å². The molecule has 100 valence electrons. The Bertz CT molecular complexity index is 771. The van der Waals surface area contributed by atoms with Crippen LogP contribution in [0.25, 0.3) is 22.8 Å². The molecule has 4 nitrogen and oxygen atoms in total. The molecule has 0 aliphatic carbocycles. The average molecular weight is 274 g/mol. The number of hydrogen-bond acceptors (Lipinski definition) is 4. The van der Waals surface area contributed by atoms with Crippen LogP contribution >= 0.6 is 0 Å². The van der Waals surface area contributed by atoms with Crippen LogP contribution in [0.5, 0.6) is 5.75 Å². The van der Waals surface area contributed by atoms with Gasteiger partial charge in [-0.3, -0.25) is 0 Å². The van der Waals surface area contributed by atoms with Gasteiger partial charge >= 0.3 is 0 Å². The molecule has 0 atom stereocenters. The SMILES string of the molecule is Oc1ccccc1-c1nc(-c2ccc(F)c(F)c2)no1. The highest BCUT2D eigenvalue weighted by molar-refractivity contribution is 5.64. The lowest BCUT2D eigenvalue weighted by Gasteiger charge is -1.97. The van der Waals surface area contributed by atoms with Gasteiger partial charge in [-0.15, -0.1) is 0 Å². The molecule has 0 aliphatic rings. The Morgan fingerprint density at radius 3 is 2.55 bits per heavy atom. The lowest BCUT2D eigenvalue weighted by Crippen LogP contribution is -1.87. The second kappa shape index (κ2) is 4.73. The lowest BCUT2D eigenvalue weighted by molar-refractivity contribution is 0.425. The van der Waals surface area contributed by atoms with E-state index < -0.39 is 11.6 Å². The van der Waals surface area contributed by atoms with Crippen molar-refractivity contribution < 1.29 is 18.4 Å². The summed E-state index contributed by atoms with van der Waals surface area (Å²) in [5.74, 6) is -1.73. The summed E-state index contributed by atoms with van der Waals surface area (Å²) < 4.78 is 31.0. The van der Waals surface area contributed by atoms with Gasteiger partial charge in [0, 0.05) is 5.56 Å². The van der Waals surface area contributed by atoms with E-state index in [1.807, 2.05) is 0 Å². The molecular weight excluding hydrogens is 266 g/mol. The first-order valence-corrected chi connectivity index (χ1v) is 5.72. The van der Waals surface area contributed by atoms with E-state index in [9.17, 15) is 13.9 Å². The van der Waals surface area contributed by atoms with Crippen molar-refractivity contribution in [2.45, 2.75) is 0 Å². The fourth-order valence-corrected chi connectivity index (χ4v) is 1.74. The van der Waals surface area contributed by atoms with Gasteiger partial charge in [-0.25, -0.2) is 8.78 Å². The molecule has 0 amide bonds. The molecule has 0 saturated heterocycles. The zero-order chi connectivity index (χ0) is 14.1. The van der Waals surface area contributed by atoms with Crippen molar-refractivity contribution in [3.8, 4) is 28.6 Å². The summed E-state index contributed by atoms with van der Waals surface area (Å²) in [5.41, 5.74) is 0.656. The van der Waals surface area contributed by atoms with Crippen LogP contribution < -0.4 is 0 Å². The number of phenols is 1. The maximum atomic E-state index is 13.2. The Morgan fingerprint density at radius 2 is 1.80 bits per heavy atom. The molecule has 1 aromatic heterocycles. The highest BCUT2D eigenvalue weighted by atomic mass is 19.2. The molecule has 0 spiro atoms. The molecule has 6 heteroatoms. The number of rotatable bonds is 2. The Labute approximate surface area is 112 Å². The Hall–Kier alpha value is -2.76. The number of phenolic OH excluding ortho intramolecular Hbond substituents is 1. The molecule has 0 radical (unpaired) electrons. The van der Waals surface area contributed by atoms with Gasteiger partial charge in [-0.1, -0.05) is 17.3 Å². The Balaban J connectivity index is 2.02. The topological polar surface area (TPSA) is 59.2 Å². The third kappa shape index (κ3) is 2.11. The largest absolute Gasteiger partial charge is 0.507 e. The van der Waals surface area contributed by atoms with Crippen LogP contribution in [0.2, 0.25) is 0 Å². The van der Waals surface area contributed by atoms with E-state index >= 15 is 0 Å². The predicted molar refractivity (Wildman–Crippen MR) is 66.8 cm³/mol. The predicted octanol–water partition coefficient (Wildman–Crippen LogP) is 3.39. The maximum Gasteiger partial charge on any atom is 0.261 e. The monoisotopic (exact) mass is 274 g/mol. The summed E-state index contributed by atoms with van der Waals surface area (Å²) in [6, 6.07) is 9.77. The normalized spacial score (nSPS) is 10.7. The second-order valence-corrected chi connectivity index (χ2v) is 4.07. The van der Waals surface area contributed by atoms with Gasteiger partial charge in [0.2, 0.25) is 5.82 Å². The molecule has 0 fully saturated rings. The van der Waals surface area contributed by atoms with Crippen molar-refractivity contribution in [2.75, 3.05) is 0 Å². The third-order valence-corrected chi connectivity index (χ3v) is 2.74. The zero-order valence-corrected chi connectivity index (χ0v) is 10.0. The van der Waals surface area contributed by atoms with Crippen molar-refractivity contribution in [1.29, 1.82) is 0 Å². The minimum Gasteiger partial charge on any atom is -0.507 e. The van der Waals surface area contributed by atoms with Crippen LogP contribution in [0, 0.1) is 11.6 Å². The Morgan fingerprint density at radius 1 is 1.00 bits per heavy atom. The number of halogens is 2. The average Bonchev–Trinajstić information content (AvgIpc) is 2.92. The van der Waals surface area contributed by atoms with Crippen molar-refractivity contribution in [2.24, 2.45) is 0 Å². The van der Waals surface area contributed by atoms with Gasteiger partial charge < -0.3 is 9.63 Å². The molecule has 0 unspecified atom stereocenters. The molecule has 3 rings (SSSR count). The van der Waals surface area contributed by atoms with Crippen molar-refractivity contribution in [1.82, 2.24) is 10.1 Å². The van der Waals surface area contributed by atoms with Crippen molar-refractivity contribution >= 4 is 0 Å². The van der Waals surface area contributed by atoms with Gasteiger partial charge in [-0.2, -0.15) is 4.98 Å². The van der Waals surface area contributed by atoms with Crippen LogP contribution in [-0.2, 0) is 0 Å². The number of aromatic hydroxyl groups is 1. The van der Waals surface area contributed by atoms with E-state index in [4.69, 9.17) is 4.52 Å². The molecule has 0 saturated carbocycles. The summed E-state index contributed by atoms with van der Waals surface area (Å²) in [4.78, 5) is 4.06. The van der Waals surface area contributed by atoms with Crippen LogP contribution in [0.4, 0.5) is 8.78 Å². The first-order valence-electron chi connectivity index (χ1n) is 5.72. The van der Waals surface area contributed by atoms with E-state index in [1.165, 1.54) is 12.1 Å². The maximum absolute atomic E-state index is 13.2. The quantitative estimate of drug-likeness (QED) is 0.778. The number of para-hydroxylation sites is 1. The highest BCUT2D eigenvalue weighted by Crippen LogP contribution is 2.29. The molecule has 1 heterocycles. The summed E-state index contributed by atoms with van der Waals surface area (Å²) in [5, 5.41) is 13.4. The molecule has 2 aromatic carbocycles. The molecule has 20 heavy (non-hydrogen) atoms. The van der Waals surface area contributed by atoms with Gasteiger partial charge in [0.05, 0.1) is 5.56 Å². The minimum absolute atomic E-state index is 0.00649. The molecule has 3 aromatic rings. The number of nitrogens with zero attached hydrogens (tertiary/aromatic N) is 2. The van der Waals surface area contributed by atoms with Gasteiger partial charge in [0.1, 0.15) is 5.75 Å². The lowest BCUT2D eigenvalue weighted by atomic mass is 10.2. The van der Waals surface area contributed by atoms with Crippen LogP contribution in [0.1, 0.15) is 0 Å². The molecule has 0 bridgehead atoms. The van der Waals surface area contributed by atoms with Crippen LogP contribution in [0.3, 0.4) is 0 Å². The van der Waals surface area contributed by atoms with E-state index in [0.717, 1.165) is 12.1 Å². The summed E-state index contributed by atoms with van der Waals surface area (Å²) in [7, 11) is 0. The number of hydrogen-bond donors (Lipinski definition) is 1. The van der Waals surface area contributed by atoms with Crippen LogP contribution in [-0.4, -0.2) is 15.2 Å². The van der Waals surface area contributed by atoms with Gasteiger partial charge in [0.25, 0.3) is 5.89 Å². The first kappa shape index (κ1) is 12.3. The number of benzene rings is 2. The molecule has 1 N–H and O–H groups in total. The number of aromatic nitrogens is 2. The fourth-order valence-electron chi connectivity index (χ4n) is 1.74. The van der Waals surface area contributed by atoms with E-state index in [2.05, 4.69) is 10.1 Å². The van der Waals surface area contributed by atoms with E-state index in [0.29, 0.717) is 5.56 Å². The Kier molecular flexibility index (Phi) is 2.90. The zero-order valence-electron chi connectivity index (χ0n) is 10.0. The summed E-state index contributed by atoms with van der Waals surface area (Å²) in [6.07, 6.45) is 0. The summed E-state index contributed by atoms with van der Waals surface area (Å²) >= 11 is 0. The van der Waals surface area contributed by atoms with E-state index in [-0.39, 0.29) is 23.0 Å². The highest BCUT2D eigenvalue weighted by Gasteiger charge is 2.14. The third-order valence-electron chi connectivity index (χ3n) is 2.74. The second-order valence-electron chi connectivity index (χ2n) is 4.07.